The molecule has 0 aliphatic heterocycles. The Hall–Kier alpha value is -2.60. The number of rotatable bonds is 5. The molecule has 2 rings (SSSR count). The molecule has 0 aromatic heterocycles. The highest BCUT2D eigenvalue weighted by Crippen LogP contribution is 2.36. The maximum absolute atomic E-state index is 11.1. The van der Waals surface area contributed by atoms with Gasteiger partial charge in [-0.15, -0.1) is 0 Å². The van der Waals surface area contributed by atoms with Gasteiger partial charge >= 0.3 is 5.69 Å². The van der Waals surface area contributed by atoms with Crippen LogP contribution in [0, 0.1) is 10.1 Å². The number of aryl methyl sites for hydroxylation is 1. The summed E-state index contributed by atoms with van der Waals surface area (Å²) in [6, 6.07) is 12.1. The van der Waals surface area contributed by atoms with E-state index in [1.165, 1.54) is 17.7 Å². The second kappa shape index (κ2) is 6.03. The molecule has 0 atom stereocenters. The second-order valence-corrected chi connectivity index (χ2v) is 4.15. The predicted molar refractivity (Wildman–Crippen MR) is 76.8 cm³/mol. The number of nitrogens with zero attached hydrogens (tertiary/aromatic N) is 1. The molecule has 0 aliphatic rings. The Morgan fingerprint density at radius 3 is 2.50 bits per heavy atom. The molecule has 6 heteroatoms. The molecule has 0 saturated carbocycles. The number of nitrogen functional groups attached to an aromatic ring is 1. The quantitative estimate of drug-likeness (QED) is 0.496. The van der Waals surface area contributed by atoms with Gasteiger partial charge in [0.15, 0.2) is 0 Å². The zero-order chi connectivity index (χ0) is 14.5. The highest BCUT2D eigenvalue weighted by Gasteiger charge is 2.20. The highest BCUT2D eigenvalue weighted by molar-refractivity contribution is 5.68. The van der Waals surface area contributed by atoms with E-state index in [2.05, 4.69) is 12.3 Å². The average molecular weight is 273 g/mol. The van der Waals surface area contributed by atoms with E-state index in [1.54, 1.807) is 18.2 Å². The van der Waals surface area contributed by atoms with E-state index in [1.807, 2.05) is 12.1 Å². The topological polar surface area (TPSA) is 90.4 Å². The van der Waals surface area contributed by atoms with Gasteiger partial charge in [0.1, 0.15) is 11.4 Å². The summed E-state index contributed by atoms with van der Waals surface area (Å²) in [6.45, 7) is 2.05. The van der Waals surface area contributed by atoms with E-state index in [9.17, 15) is 10.1 Å². The van der Waals surface area contributed by atoms with Crippen molar-refractivity contribution in [3.63, 3.8) is 0 Å². The van der Waals surface area contributed by atoms with Gasteiger partial charge in [-0.2, -0.15) is 0 Å². The van der Waals surface area contributed by atoms with Crippen molar-refractivity contribution in [3.8, 4) is 11.5 Å². The lowest BCUT2D eigenvalue weighted by molar-refractivity contribution is -0.384. The molecule has 0 aliphatic carbocycles. The highest BCUT2D eigenvalue weighted by atomic mass is 16.6. The first-order valence-electron chi connectivity index (χ1n) is 6.16. The fourth-order valence-corrected chi connectivity index (χ4v) is 1.83. The average Bonchev–Trinajstić information content (AvgIpc) is 2.47. The molecule has 0 saturated heterocycles. The lowest BCUT2D eigenvalue weighted by Gasteiger charge is -2.09. The number of hydrazine groups is 1. The Balaban J connectivity index is 2.34. The van der Waals surface area contributed by atoms with Gasteiger partial charge < -0.3 is 10.2 Å². The number of nitro benzene ring substituents is 1. The summed E-state index contributed by atoms with van der Waals surface area (Å²) in [5.74, 6) is 5.97. The van der Waals surface area contributed by atoms with Crippen LogP contribution in [0.5, 0.6) is 11.5 Å². The minimum absolute atomic E-state index is 0.148. The Kier molecular flexibility index (Phi) is 4.17. The molecule has 0 spiro atoms. The second-order valence-electron chi connectivity index (χ2n) is 4.15. The summed E-state index contributed by atoms with van der Waals surface area (Å²) >= 11 is 0. The van der Waals surface area contributed by atoms with Crippen LogP contribution >= 0.6 is 0 Å². The SMILES string of the molecule is CCc1ccc(Oc2cccc(NN)c2[N+](=O)[O-])cc1. The number of nitrogens with one attached hydrogen (secondary N) is 1. The van der Waals surface area contributed by atoms with Gasteiger partial charge in [0.25, 0.3) is 0 Å². The van der Waals surface area contributed by atoms with E-state index in [-0.39, 0.29) is 17.1 Å². The molecule has 20 heavy (non-hydrogen) atoms. The van der Waals surface area contributed by atoms with Crippen molar-refractivity contribution in [1.29, 1.82) is 0 Å². The van der Waals surface area contributed by atoms with Gasteiger partial charge in [-0.1, -0.05) is 25.1 Å². The molecule has 0 bridgehead atoms. The van der Waals surface area contributed by atoms with Crippen molar-refractivity contribution in [3.05, 3.63) is 58.1 Å². The molecule has 2 aromatic carbocycles. The first-order valence-corrected chi connectivity index (χ1v) is 6.16. The Bertz CT molecular complexity index is 612. The van der Waals surface area contributed by atoms with Crippen molar-refractivity contribution in [1.82, 2.24) is 0 Å². The number of hydrogen-bond donors (Lipinski definition) is 2. The number of hydrogen-bond acceptors (Lipinski definition) is 5. The first kappa shape index (κ1) is 13.8. The van der Waals surface area contributed by atoms with Crippen molar-refractivity contribution in [2.24, 2.45) is 5.84 Å². The van der Waals surface area contributed by atoms with E-state index >= 15 is 0 Å². The molecule has 0 fully saturated rings. The summed E-state index contributed by atoms with van der Waals surface area (Å²) in [5.41, 5.74) is 3.49. The third kappa shape index (κ3) is 2.86. The van der Waals surface area contributed by atoms with Gasteiger partial charge in [-0.05, 0) is 36.2 Å². The number of benzene rings is 2. The zero-order valence-electron chi connectivity index (χ0n) is 11.0. The summed E-state index contributed by atoms with van der Waals surface area (Å²) in [7, 11) is 0. The summed E-state index contributed by atoms with van der Waals surface area (Å²) < 4.78 is 5.58. The maximum Gasteiger partial charge on any atom is 0.335 e. The molecule has 0 radical (unpaired) electrons. The fourth-order valence-electron chi connectivity index (χ4n) is 1.83. The summed E-state index contributed by atoms with van der Waals surface area (Å²) in [4.78, 5) is 10.6. The Labute approximate surface area is 116 Å². The van der Waals surface area contributed by atoms with Crippen molar-refractivity contribution >= 4 is 11.4 Å². The minimum atomic E-state index is -0.523. The molecule has 0 heterocycles. The van der Waals surface area contributed by atoms with Crippen LogP contribution in [-0.2, 0) is 6.42 Å². The van der Waals surface area contributed by atoms with Gasteiger partial charge in [0.05, 0.1) is 4.92 Å². The molecule has 104 valence electrons. The van der Waals surface area contributed by atoms with Crippen molar-refractivity contribution < 1.29 is 9.66 Å². The molecular weight excluding hydrogens is 258 g/mol. The normalized spacial score (nSPS) is 10.1. The summed E-state index contributed by atoms with van der Waals surface area (Å²) in [6.07, 6.45) is 0.924. The van der Waals surface area contributed by atoms with Gasteiger partial charge in [0, 0.05) is 0 Å². The van der Waals surface area contributed by atoms with Crippen LogP contribution in [0.4, 0.5) is 11.4 Å². The number of para-hydroxylation sites is 1. The van der Waals surface area contributed by atoms with Gasteiger partial charge in [0.2, 0.25) is 5.75 Å². The third-order valence-corrected chi connectivity index (χ3v) is 2.90. The zero-order valence-corrected chi connectivity index (χ0v) is 11.0. The number of ether oxygens (including phenoxy) is 1. The predicted octanol–water partition coefficient (Wildman–Crippen LogP) is 3.24. The van der Waals surface area contributed by atoms with E-state index < -0.39 is 4.92 Å². The Morgan fingerprint density at radius 2 is 1.95 bits per heavy atom. The van der Waals surface area contributed by atoms with Crippen molar-refractivity contribution in [2.75, 3.05) is 5.43 Å². The van der Waals surface area contributed by atoms with Crippen molar-refractivity contribution in [2.45, 2.75) is 13.3 Å². The molecule has 0 unspecified atom stereocenters. The number of nitrogens with two attached hydrogens (primary N) is 1. The van der Waals surface area contributed by atoms with Crippen LogP contribution < -0.4 is 16.0 Å². The third-order valence-electron chi connectivity index (χ3n) is 2.90. The lowest BCUT2D eigenvalue weighted by Crippen LogP contribution is -2.09. The van der Waals surface area contributed by atoms with Crippen LogP contribution in [0.25, 0.3) is 0 Å². The van der Waals surface area contributed by atoms with E-state index in [0.717, 1.165) is 6.42 Å². The molecular formula is C14H15N3O3. The van der Waals surface area contributed by atoms with Crippen LogP contribution in [0.15, 0.2) is 42.5 Å². The van der Waals surface area contributed by atoms with Crippen LogP contribution in [0.2, 0.25) is 0 Å². The molecule has 0 amide bonds. The van der Waals surface area contributed by atoms with Crippen LogP contribution in [0.3, 0.4) is 0 Å². The van der Waals surface area contributed by atoms with Gasteiger partial charge in [-0.25, -0.2) is 0 Å². The summed E-state index contributed by atoms with van der Waals surface area (Å²) in [5, 5.41) is 11.1. The van der Waals surface area contributed by atoms with E-state index in [0.29, 0.717) is 5.75 Å². The standard InChI is InChI=1S/C14H15N3O3/c1-2-10-6-8-11(9-7-10)20-13-5-3-4-12(16-15)14(13)17(18)19/h3-9,16H,2,15H2,1H3. The minimum Gasteiger partial charge on any atom is -0.450 e. The fraction of sp³-hybridized carbons (Fsp3) is 0.143. The van der Waals surface area contributed by atoms with E-state index in [4.69, 9.17) is 10.6 Å². The number of nitro groups is 1. The largest absolute Gasteiger partial charge is 0.450 e. The van der Waals surface area contributed by atoms with Crippen LogP contribution in [-0.4, -0.2) is 4.92 Å². The maximum atomic E-state index is 11.1. The van der Waals surface area contributed by atoms with Crippen LogP contribution in [0.1, 0.15) is 12.5 Å². The lowest BCUT2D eigenvalue weighted by atomic mass is 10.2. The monoisotopic (exact) mass is 273 g/mol. The Morgan fingerprint density at radius 1 is 1.25 bits per heavy atom. The first-order chi connectivity index (χ1) is 9.65. The van der Waals surface area contributed by atoms with Gasteiger partial charge in [-0.3, -0.25) is 16.0 Å². The molecule has 6 nitrogen and oxygen atoms in total. The molecule has 3 N–H and O–H groups in total. The number of anilines is 1. The smallest absolute Gasteiger partial charge is 0.335 e. The molecule has 2 aromatic rings.